The Morgan fingerprint density at radius 1 is 1.15 bits per heavy atom. The zero-order valence-electron chi connectivity index (χ0n) is 11.8. The van der Waals surface area contributed by atoms with Gasteiger partial charge in [-0.15, -0.1) is 0 Å². The van der Waals surface area contributed by atoms with E-state index in [0.29, 0.717) is 10.6 Å². The number of halogens is 2. The van der Waals surface area contributed by atoms with Gasteiger partial charge in [0.1, 0.15) is 0 Å². The summed E-state index contributed by atoms with van der Waals surface area (Å²) in [7, 11) is 0. The van der Waals surface area contributed by atoms with Crippen LogP contribution in [0.1, 0.15) is 37.7 Å². The lowest BCUT2D eigenvalue weighted by molar-refractivity contribution is 0.0209. The molecule has 1 aromatic carbocycles. The fourth-order valence-electron chi connectivity index (χ4n) is 3.69. The number of piperazine rings is 1. The SMILES string of the molecule is Clc1ccc(CN2CCNCC23CCCCC3)c(Cl)c1. The fourth-order valence-corrected chi connectivity index (χ4v) is 4.16. The maximum Gasteiger partial charge on any atom is 0.0465 e. The van der Waals surface area contributed by atoms with Gasteiger partial charge in [0, 0.05) is 41.8 Å². The molecule has 1 N–H and O–H groups in total. The summed E-state index contributed by atoms with van der Waals surface area (Å²) in [6.07, 6.45) is 6.72. The van der Waals surface area contributed by atoms with Crippen LogP contribution in [0, 0.1) is 0 Å². The molecule has 1 aliphatic carbocycles. The zero-order chi connectivity index (χ0) is 14.0. The quantitative estimate of drug-likeness (QED) is 0.884. The van der Waals surface area contributed by atoms with E-state index in [-0.39, 0.29) is 0 Å². The third-order valence-corrected chi connectivity index (χ3v) is 5.43. The van der Waals surface area contributed by atoms with Gasteiger partial charge in [0.15, 0.2) is 0 Å². The Morgan fingerprint density at radius 2 is 1.95 bits per heavy atom. The van der Waals surface area contributed by atoms with E-state index in [1.165, 1.54) is 37.7 Å². The van der Waals surface area contributed by atoms with E-state index >= 15 is 0 Å². The highest BCUT2D eigenvalue weighted by molar-refractivity contribution is 6.35. The summed E-state index contributed by atoms with van der Waals surface area (Å²) < 4.78 is 0. The van der Waals surface area contributed by atoms with E-state index in [4.69, 9.17) is 23.2 Å². The summed E-state index contributed by atoms with van der Waals surface area (Å²) in [6, 6.07) is 5.87. The molecule has 1 saturated carbocycles. The Labute approximate surface area is 131 Å². The molecule has 0 amide bonds. The largest absolute Gasteiger partial charge is 0.314 e. The first-order valence-corrected chi connectivity index (χ1v) is 8.35. The van der Waals surface area contributed by atoms with Crippen molar-refractivity contribution in [3.8, 4) is 0 Å². The summed E-state index contributed by atoms with van der Waals surface area (Å²) in [5.74, 6) is 0. The van der Waals surface area contributed by atoms with E-state index in [9.17, 15) is 0 Å². The zero-order valence-corrected chi connectivity index (χ0v) is 13.3. The van der Waals surface area contributed by atoms with Gasteiger partial charge in [-0.05, 0) is 30.5 Å². The normalized spacial score (nSPS) is 23.1. The maximum absolute atomic E-state index is 6.35. The lowest BCUT2D eigenvalue weighted by atomic mass is 9.79. The van der Waals surface area contributed by atoms with Gasteiger partial charge in [-0.25, -0.2) is 0 Å². The molecule has 1 aliphatic heterocycles. The van der Waals surface area contributed by atoms with Crippen LogP contribution < -0.4 is 5.32 Å². The van der Waals surface area contributed by atoms with Gasteiger partial charge in [-0.2, -0.15) is 0 Å². The lowest BCUT2D eigenvalue weighted by Crippen LogP contribution is -2.61. The number of rotatable bonds is 2. The van der Waals surface area contributed by atoms with Gasteiger partial charge in [0.2, 0.25) is 0 Å². The number of nitrogens with zero attached hydrogens (tertiary/aromatic N) is 1. The molecule has 2 nitrogen and oxygen atoms in total. The van der Waals surface area contributed by atoms with E-state index in [1.807, 2.05) is 12.1 Å². The Kier molecular flexibility index (Phi) is 4.56. The van der Waals surface area contributed by atoms with Crippen LogP contribution in [0.15, 0.2) is 18.2 Å². The van der Waals surface area contributed by atoms with Crippen molar-refractivity contribution in [3.05, 3.63) is 33.8 Å². The van der Waals surface area contributed by atoms with Gasteiger partial charge in [-0.3, -0.25) is 4.90 Å². The third kappa shape index (κ3) is 2.99. The van der Waals surface area contributed by atoms with Crippen LogP contribution in [-0.2, 0) is 6.54 Å². The van der Waals surface area contributed by atoms with Gasteiger partial charge >= 0.3 is 0 Å². The number of hydrogen-bond donors (Lipinski definition) is 1. The summed E-state index contributed by atoms with van der Waals surface area (Å²) >= 11 is 12.3. The average Bonchev–Trinajstić information content (AvgIpc) is 2.45. The highest BCUT2D eigenvalue weighted by Crippen LogP contribution is 2.36. The maximum atomic E-state index is 6.35. The van der Waals surface area contributed by atoms with Gasteiger partial charge < -0.3 is 5.32 Å². The molecular weight excluding hydrogens is 291 g/mol. The van der Waals surface area contributed by atoms with Crippen LogP contribution in [0.3, 0.4) is 0 Å². The summed E-state index contributed by atoms with van der Waals surface area (Å²) in [5, 5.41) is 5.10. The molecule has 2 aliphatic rings. The lowest BCUT2D eigenvalue weighted by Gasteiger charge is -2.50. The standard InChI is InChI=1S/C16H22Cl2N2/c17-14-5-4-13(15(18)10-14)11-20-9-8-19-12-16(20)6-2-1-3-7-16/h4-5,10,19H,1-3,6-9,11-12H2. The van der Waals surface area contributed by atoms with Crippen LogP contribution >= 0.6 is 23.2 Å². The minimum atomic E-state index is 0.347. The van der Waals surface area contributed by atoms with Crippen molar-refractivity contribution in [2.45, 2.75) is 44.2 Å². The van der Waals surface area contributed by atoms with Crippen LogP contribution in [0.4, 0.5) is 0 Å². The van der Waals surface area contributed by atoms with Crippen molar-refractivity contribution in [2.24, 2.45) is 0 Å². The number of hydrogen-bond acceptors (Lipinski definition) is 2. The first-order chi connectivity index (χ1) is 9.70. The van der Waals surface area contributed by atoms with Gasteiger partial charge in [0.05, 0.1) is 0 Å². The summed E-state index contributed by atoms with van der Waals surface area (Å²) in [5.41, 5.74) is 1.54. The molecule has 0 radical (unpaired) electrons. The van der Waals surface area contributed by atoms with Crippen LogP contribution in [-0.4, -0.2) is 30.1 Å². The minimum Gasteiger partial charge on any atom is -0.314 e. The van der Waals surface area contributed by atoms with Crippen molar-refractivity contribution in [1.29, 1.82) is 0 Å². The van der Waals surface area contributed by atoms with E-state index < -0.39 is 0 Å². The average molecular weight is 313 g/mol. The number of nitrogens with one attached hydrogen (secondary N) is 1. The van der Waals surface area contributed by atoms with Crippen molar-refractivity contribution >= 4 is 23.2 Å². The molecule has 3 rings (SSSR count). The third-order valence-electron chi connectivity index (χ3n) is 4.84. The van der Waals surface area contributed by atoms with Gasteiger partial charge in [-0.1, -0.05) is 48.5 Å². The van der Waals surface area contributed by atoms with Gasteiger partial charge in [0.25, 0.3) is 0 Å². The minimum absolute atomic E-state index is 0.347. The first-order valence-electron chi connectivity index (χ1n) is 7.59. The molecule has 1 aromatic rings. The predicted octanol–water partition coefficient (Wildman–Crippen LogP) is 4.10. The molecule has 0 atom stereocenters. The van der Waals surface area contributed by atoms with Crippen molar-refractivity contribution in [1.82, 2.24) is 10.2 Å². The second-order valence-electron chi connectivity index (χ2n) is 6.12. The monoisotopic (exact) mass is 312 g/mol. The molecule has 1 saturated heterocycles. The fraction of sp³-hybridized carbons (Fsp3) is 0.625. The predicted molar refractivity (Wildman–Crippen MR) is 85.6 cm³/mol. The first kappa shape index (κ1) is 14.6. The molecule has 4 heteroatoms. The Morgan fingerprint density at radius 3 is 2.70 bits per heavy atom. The Bertz CT molecular complexity index is 461. The molecule has 1 spiro atoms. The number of benzene rings is 1. The highest BCUT2D eigenvalue weighted by atomic mass is 35.5. The van der Waals surface area contributed by atoms with Crippen LogP contribution in [0.25, 0.3) is 0 Å². The van der Waals surface area contributed by atoms with E-state index in [2.05, 4.69) is 16.3 Å². The molecular formula is C16H22Cl2N2. The Hall–Kier alpha value is -0.280. The Balaban J connectivity index is 1.79. The molecule has 2 fully saturated rings. The molecule has 0 aromatic heterocycles. The second kappa shape index (κ2) is 6.23. The summed E-state index contributed by atoms with van der Waals surface area (Å²) in [6.45, 7) is 4.25. The van der Waals surface area contributed by atoms with E-state index in [0.717, 1.165) is 31.2 Å². The van der Waals surface area contributed by atoms with Crippen LogP contribution in [0.5, 0.6) is 0 Å². The molecule has 20 heavy (non-hydrogen) atoms. The summed E-state index contributed by atoms with van der Waals surface area (Å²) in [4.78, 5) is 2.65. The second-order valence-corrected chi connectivity index (χ2v) is 6.96. The van der Waals surface area contributed by atoms with Crippen molar-refractivity contribution < 1.29 is 0 Å². The van der Waals surface area contributed by atoms with Crippen molar-refractivity contribution in [2.75, 3.05) is 19.6 Å². The molecule has 110 valence electrons. The smallest absolute Gasteiger partial charge is 0.0465 e. The highest BCUT2D eigenvalue weighted by Gasteiger charge is 2.39. The topological polar surface area (TPSA) is 15.3 Å². The molecule has 1 heterocycles. The van der Waals surface area contributed by atoms with Crippen molar-refractivity contribution in [3.63, 3.8) is 0 Å². The molecule has 0 bridgehead atoms. The van der Waals surface area contributed by atoms with E-state index in [1.54, 1.807) is 0 Å². The van der Waals surface area contributed by atoms with Crippen LogP contribution in [0.2, 0.25) is 10.0 Å². The molecule has 0 unspecified atom stereocenters.